The number of aliphatic hydroxyl groups is 1. The average Bonchev–Trinajstić information content (AvgIpc) is 3.55. The van der Waals surface area contributed by atoms with E-state index in [-0.39, 0.29) is 24.0 Å². The lowest BCUT2D eigenvalue weighted by molar-refractivity contribution is -0.130. The van der Waals surface area contributed by atoms with E-state index in [1.807, 2.05) is 4.90 Å². The first-order valence-corrected chi connectivity index (χ1v) is 10.5. The molecule has 28 heavy (non-hydrogen) atoms. The van der Waals surface area contributed by atoms with Crippen LogP contribution in [0.5, 0.6) is 0 Å². The van der Waals surface area contributed by atoms with Gasteiger partial charge in [-0.05, 0) is 56.3 Å². The molecule has 6 heteroatoms. The summed E-state index contributed by atoms with van der Waals surface area (Å²) >= 11 is 0. The second-order valence-electron chi connectivity index (χ2n) is 8.76. The predicted octanol–water partition coefficient (Wildman–Crippen LogP) is 1.73. The highest BCUT2D eigenvalue weighted by molar-refractivity contribution is 5.94. The zero-order valence-electron chi connectivity index (χ0n) is 16.8. The molecule has 1 aromatic rings. The Morgan fingerprint density at radius 3 is 2.57 bits per heavy atom. The Labute approximate surface area is 167 Å². The number of benzene rings is 1. The smallest absolute Gasteiger partial charge is 0.253 e. The van der Waals surface area contributed by atoms with Crippen LogP contribution < -0.4 is 0 Å². The van der Waals surface area contributed by atoms with Crippen molar-refractivity contribution in [3.63, 3.8) is 0 Å². The number of amides is 2. The molecule has 1 aliphatic carbocycles. The number of aliphatic hydroxyl groups excluding tert-OH is 1. The van der Waals surface area contributed by atoms with E-state index in [0.29, 0.717) is 31.0 Å². The lowest BCUT2D eigenvalue weighted by atomic mass is 9.86. The number of rotatable bonds is 4. The van der Waals surface area contributed by atoms with Crippen LogP contribution in [0.25, 0.3) is 0 Å². The molecule has 2 amide bonds. The van der Waals surface area contributed by atoms with Crippen molar-refractivity contribution in [1.82, 2.24) is 14.7 Å². The van der Waals surface area contributed by atoms with Gasteiger partial charge in [0.1, 0.15) is 0 Å². The first kappa shape index (κ1) is 19.4. The van der Waals surface area contributed by atoms with E-state index in [2.05, 4.69) is 16.8 Å². The van der Waals surface area contributed by atoms with Gasteiger partial charge in [0, 0.05) is 50.2 Å². The van der Waals surface area contributed by atoms with E-state index >= 15 is 0 Å². The second kappa shape index (κ2) is 7.84. The van der Waals surface area contributed by atoms with Crippen LogP contribution in [0.3, 0.4) is 0 Å². The van der Waals surface area contributed by atoms with Crippen molar-refractivity contribution in [3.8, 4) is 0 Å². The summed E-state index contributed by atoms with van der Waals surface area (Å²) in [6.45, 7) is 3.91. The van der Waals surface area contributed by atoms with Crippen LogP contribution in [0.4, 0.5) is 0 Å². The van der Waals surface area contributed by atoms with Gasteiger partial charge >= 0.3 is 0 Å². The van der Waals surface area contributed by atoms with Gasteiger partial charge < -0.3 is 14.9 Å². The molecule has 4 rings (SSSR count). The Hall–Kier alpha value is -1.92. The standard InChI is InChI=1S/C22H31N3O3/c1-23-12-13-25(21(28)19-6-4-18(15-26)5-7-19)16-22(23)9-8-20(27)24(11-10-22)14-17-2-3-17/h4-7,17,26H,2-3,8-16H2,1H3. The summed E-state index contributed by atoms with van der Waals surface area (Å²) in [5.74, 6) is 1.03. The third kappa shape index (κ3) is 3.94. The largest absolute Gasteiger partial charge is 0.392 e. The summed E-state index contributed by atoms with van der Waals surface area (Å²) in [7, 11) is 2.14. The number of carbonyl (C=O) groups is 2. The third-order valence-electron chi connectivity index (χ3n) is 6.85. The Kier molecular flexibility index (Phi) is 5.43. The van der Waals surface area contributed by atoms with E-state index in [0.717, 1.165) is 38.0 Å². The SMILES string of the molecule is CN1CCN(C(=O)c2ccc(CO)cc2)CC12CCC(=O)N(CC1CC1)CC2. The van der Waals surface area contributed by atoms with Gasteiger partial charge in [-0.25, -0.2) is 0 Å². The molecule has 2 saturated heterocycles. The molecule has 1 aromatic carbocycles. The van der Waals surface area contributed by atoms with Gasteiger partial charge in [0.25, 0.3) is 5.91 Å². The monoisotopic (exact) mass is 385 g/mol. The summed E-state index contributed by atoms with van der Waals surface area (Å²) in [6, 6.07) is 7.21. The molecule has 2 heterocycles. The van der Waals surface area contributed by atoms with Gasteiger partial charge in [-0.15, -0.1) is 0 Å². The highest BCUT2D eigenvalue weighted by Crippen LogP contribution is 2.35. The van der Waals surface area contributed by atoms with Crippen LogP contribution in [0, 0.1) is 5.92 Å². The van der Waals surface area contributed by atoms with Gasteiger partial charge in [-0.3, -0.25) is 14.5 Å². The number of hydrogen-bond donors (Lipinski definition) is 1. The fourth-order valence-electron chi connectivity index (χ4n) is 4.61. The Morgan fingerprint density at radius 2 is 1.89 bits per heavy atom. The van der Waals surface area contributed by atoms with Gasteiger partial charge in [0.2, 0.25) is 5.91 Å². The molecule has 1 saturated carbocycles. The molecule has 3 fully saturated rings. The minimum absolute atomic E-state index is 0.0164. The maximum atomic E-state index is 13.1. The molecule has 2 aliphatic heterocycles. The lowest BCUT2D eigenvalue weighted by Gasteiger charge is -2.49. The summed E-state index contributed by atoms with van der Waals surface area (Å²) in [5.41, 5.74) is 1.36. The number of carbonyl (C=O) groups excluding carboxylic acids is 2. The zero-order chi connectivity index (χ0) is 19.7. The molecule has 3 aliphatic rings. The van der Waals surface area contributed by atoms with E-state index in [9.17, 15) is 14.7 Å². The van der Waals surface area contributed by atoms with Crippen LogP contribution in [0.15, 0.2) is 24.3 Å². The molecule has 1 unspecified atom stereocenters. The lowest BCUT2D eigenvalue weighted by Crippen LogP contribution is -2.62. The molecule has 0 bridgehead atoms. The van der Waals surface area contributed by atoms with E-state index < -0.39 is 0 Å². The van der Waals surface area contributed by atoms with E-state index in [4.69, 9.17) is 0 Å². The maximum Gasteiger partial charge on any atom is 0.253 e. The van der Waals surface area contributed by atoms with Crippen molar-refractivity contribution >= 4 is 11.8 Å². The molecule has 0 aromatic heterocycles. The van der Waals surface area contributed by atoms with Crippen molar-refractivity contribution in [3.05, 3.63) is 35.4 Å². The van der Waals surface area contributed by atoms with Crippen molar-refractivity contribution < 1.29 is 14.7 Å². The van der Waals surface area contributed by atoms with E-state index in [1.54, 1.807) is 24.3 Å². The number of likely N-dealkylation sites (N-methyl/N-ethyl adjacent to an activating group) is 1. The Bertz CT molecular complexity index is 731. The van der Waals surface area contributed by atoms with Crippen LogP contribution in [0.2, 0.25) is 0 Å². The topological polar surface area (TPSA) is 64.1 Å². The van der Waals surface area contributed by atoms with Gasteiger partial charge in [0.05, 0.1) is 6.61 Å². The van der Waals surface area contributed by atoms with Gasteiger partial charge in [0.15, 0.2) is 0 Å². The number of nitrogens with zero attached hydrogens (tertiary/aromatic N) is 3. The molecular formula is C22H31N3O3. The highest BCUT2D eigenvalue weighted by Gasteiger charge is 2.44. The molecule has 1 N–H and O–H groups in total. The number of piperazine rings is 1. The molecule has 0 radical (unpaired) electrons. The third-order valence-corrected chi connectivity index (χ3v) is 6.85. The highest BCUT2D eigenvalue weighted by atomic mass is 16.3. The van der Waals surface area contributed by atoms with Crippen LogP contribution in [-0.4, -0.2) is 76.9 Å². The molecule has 152 valence electrons. The number of hydrogen-bond acceptors (Lipinski definition) is 4. The fourth-order valence-corrected chi connectivity index (χ4v) is 4.61. The van der Waals surface area contributed by atoms with Crippen LogP contribution in [-0.2, 0) is 11.4 Å². The van der Waals surface area contributed by atoms with E-state index in [1.165, 1.54) is 12.8 Å². The van der Waals surface area contributed by atoms with Crippen LogP contribution in [0.1, 0.15) is 48.0 Å². The van der Waals surface area contributed by atoms with Gasteiger partial charge in [-0.1, -0.05) is 12.1 Å². The quantitative estimate of drug-likeness (QED) is 0.857. The second-order valence-corrected chi connectivity index (χ2v) is 8.76. The van der Waals surface area contributed by atoms with Crippen LogP contribution >= 0.6 is 0 Å². The zero-order valence-corrected chi connectivity index (χ0v) is 16.8. The molecular weight excluding hydrogens is 354 g/mol. The fraction of sp³-hybridized carbons (Fsp3) is 0.636. The molecule has 6 nitrogen and oxygen atoms in total. The van der Waals surface area contributed by atoms with Gasteiger partial charge in [-0.2, -0.15) is 0 Å². The minimum Gasteiger partial charge on any atom is -0.392 e. The predicted molar refractivity (Wildman–Crippen MR) is 107 cm³/mol. The van der Waals surface area contributed by atoms with Crippen molar-refractivity contribution in [2.24, 2.45) is 5.92 Å². The minimum atomic E-state index is -0.118. The maximum absolute atomic E-state index is 13.1. The Morgan fingerprint density at radius 1 is 1.14 bits per heavy atom. The van der Waals surface area contributed by atoms with Crippen molar-refractivity contribution in [2.75, 3.05) is 39.8 Å². The first-order chi connectivity index (χ1) is 13.5. The normalized spacial score (nSPS) is 26.6. The summed E-state index contributed by atoms with van der Waals surface area (Å²) < 4.78 is 0. The summed E-state index contributed by atoms with van der Waals surface area (Å²) in [6.07, 6.45) is 4.83. The summed E-state index contributed by atoms with van der Waals surface area (Å²) in [4.78, 5) is 32.1. The Balaban J connectivity index is 1.47. The van der Waals surface area contributed by atoms with Crippen molar-refractivity contribution in [2.45, 2.75) is 44.2 Å². The molecule has 1 atom stereocenters. The first-order valence-electron chi connectivity index (χ1n) is 10.5. The summed E-state index contributed by atoms with van der Waals surface area (Å²) in [5, 5.41) is 9.21. The average molecular weight is 386 g/mol. The number of likely N-dealkylation sites (tertiary alicyclic amines) is 1. The van der Waals surface area contributed by atoms with Crippen molar-refractivity contribution in [1.29, 1.82) is 0 Å². The molecule has 1 spiro atoms.